The van der Waals surface area contributed by atoms with Gasteiger partial charge in [-0.25, -0.2) is 4.79 Å². The third kappa shape index (κ3) is 4.01. The SMILES string of the molecule is C=CC(=O)OCCc1ccccc1S(=O)(=O)O. The second-order valence-electron chi connectivity index (χ2n) is 3.20. The molecule has 0 atom stereocenters. The summed E-state index contributed by atoms with van der Waals surface area (Å²) in [7, 11) is -4.25. The first-order valence-corrected chi connectivity index (χ1v) is 6.23. The third-order valence-electron chi connectivity index (χ3n) is 2.03. The summed E-state index contributed by atoms with van der Waals surface area (Å²) in [6, 6.07) is 5.98. The van der Waals surface area contributed by atoms with E-state index in [4.69, 9.17) is 9.29 Å². The van der Waals surface area contributed by atoms with E-state index in [1.54, 1.807) is 12.1 Å². The summed E-state index contributed by atoms with van der Waals surface area (Å²) in [6.45, 7) is 3.26. The molecule has 0 radical (unpaired) electrons. The Morgan fingerprint density at radius 1 is 1.41 bits per heavy atom. The van der Waals surface area contributed by atoms with Gasteiger partial charge < -0.3 is 4.74 Å². The average Bonchev–Trinajstić information content (AvgIpc) is 2.28. The van der Waals surface area contributed by atoms with Crippen LogP contribution >= 0.6 is 0 Å². The Morgan fingerprint density at radius 2 is 2.06 bits per heavy atom. The Labute approximate surface area is 99.5 Å². The molecule has 17 heavy (non-hydrogen) atoms. The van der Waals surface area contributed by atoms with E-state index in [-0.39, 0.29) is 17.9 Å². The van der Waals surface area contributed by atoms with Gasteiger partial charge in [-0.3, -0.25) is 4.55 Å². The summed E-state index contributed by atoms with van der Waals surface area (Å²) in [6.07, 6.45) is 1.23. The lowest BCUT2D eigenvalue weighted by Crippen LogP contribution is -2.08. The van der Waals surface area contributed by atoms with Crippen molar-refractivity contribution >= 4 is 16.1 Å². The predicted octanol–water partition coefficient (Wildman–Crippen LogP) is 1.21. The fourth-order valence-electron chi connectivity index (χ4n) is 1.28. The molecule has 0 heterocycles. The normalized spacial score (nSPS) is 10.9. The predicted molar refractivity (Wildman–Crippen MR) is 61.1 cm³/mol. The molecule has 0 saturated heterocycles. The Kier molecular flexibility index (Phi) is 4.42. The first-order chi connectivity index (χ1) is 7.95. The molecule has 0 spiro atoms. The molecule has 0 aliphatic rings. The van der Waals surface area contributed by atoms with Crippen LogP contribution in [0.5, 0.6) is 0 Å². The van der Waals surface area contributed by atoms with Crippen molar-refractivity contribution in [1.82, 2.24) is 0 Å². The minimum atomic E-state index is -4.25. The van der Waals surface area contributed by atoms with Gasteiger partial charge in [0, 0.05) is 12.5 Å². The van der Waals surface area contributed by atoms with Crippen molar-refractivity contribution in [1.29, 1.82) is 0 Å². The molecule has 1 aromatic rings. The van der Waals surface area contributed by atoms with E-state index in [1.165, 1.54) is 12.1 Å². The van der Waals surface area contributed by atoms with Crippen LogP contribution < -0.4 is 0 Å². The van der Waals surface area contributed by atoms with E-state index < -0.39 is 16.1 Å². The monoisotopic (exact) mass is 256 g/mol. The lowest BCUT2D eigenvalue weighted by Gasteiger charge is -2.06. The van der Waals surface area contributed by atoms with E-state index in [0.717, 1.165) is 6.08 Å². The Bertz CT molecular complexity index is 518. The van der Waals surface area contributed by atoms with Gasteiger partial charge in [0.05, 0.1) is 11.5 Å². The van der Waals surface area contributed by atoms with Gasteiger partial charge >= 0.3 is 5.97 Å². The van der Waals surface area contributed by atoms with Crippen LogP contribution in [0.25, 0.3) is 0 Å². The molecule has 92 valence electrons. The van der Waals surface area contributed by atoms with Gasteiger partial charge in [-0.2, -0.15) is 8.42 Å². The highest BCUT2D eigenvalue weighted by molar-refractivity contribution is 7.85. The van der Waals surface area contributed by atoms with E-state index in [1.807, 2.05) is 0 Å². The molecular weight excluding hydrogens is 244 g/mol. The number of carbonyl (C=O) groups is 1. The summed E-state index contributed by atoms with van der Waals surface area (Å²) in [5.41, 5.74) is 0.395. The zero-order chi connectivity index (χ0) is 12.9. The van der Waals surface area contributed by atoms with Gasteiger partial charge in [-0.1, -0.05) is 24.8 Å². The van der Waals surface area contributed by atoms with Crippen LogP contribution in [0.3, 0.4) is 0 Å². The summed E-state index contributed by atoms with van der Waals surface area (Å²) in [5.74, 6) is -0.575. The molecule has 1 aromatic carbocycles. The lowest BCUT2D eigenvalue weighted by molar-refractivity contribution is -0.137. The van der Waals surface area contributed by atoms with Crippen molar-refractivity contribution in [3.05, 3.63) is 42.5 Å². The van der Waals surface area contributed by atoms with Crippen LogP contribution in [0.15, 0.2) is 41.8 Å². The average molecular weight is 256 g/mol. The maximum absolute atomic E-state index is 11.0. The molecule has 0 unspecified atom stereocenters. The standard InChI is InChI=1S/C11H12O5S/c1-2-11(12)16-8-7-9-5-3-4-6-10(9)17(13,14)15/h2-6H,1,7-8H2,(H,13,14,15). The number of esters is 1. The van der Waals surface area contributed by atoms with Crippen molar-refractivity contribution < 1.29 is 22.5 Å². The van der Waals surface area contributed by atoms with Crippen molar-refractivity contribution in [3.63, 3.8) is 0 Å². The van der Waals surface area contributed by atoms with E-state index in [9.17, 15) is 13.2 Å². The van der Waals surface area contributed by atoms with Gasteiger partial charge in [0.15, 0.2) is 0 Å². The first kappa shape index (κ1) is 13.4. The third-order valence-corrected chi connectivity index (χ3v) is 2.99. The fourth-order valence-corrected chi connectivity index (χ4v) is 2.03. The van der Waals surface area contributed by atoms with Gasteiger partial charge in [0.25, 0.3) is 10.1 Å². The van der Waals surface area contributed by atoms with Gasteiger partial charge in [-0.15, -0.1) is 0 Å². The van der Waals surface area contributed by atoms with E-state index >= 15 is 0 Å². The summed E-state index contributed by atoms with van der Waals surface area (Å²) in [4.78, 5) is 10.6. The maximum Gasteiger partial charge on any atom is 0.330 e. The molecular formula is C11H12O5S. The minimum absolute atomic E-state index is 0.0252. The van der Waals surface area contributed by atoms with Gasteiger partial charge in [0.2, 0.25) is 0 Å². The van der Waals surface area contributed by atoms with E-state index in [0.29, 0.717) is 5.56 Å². The van der Waals surface area contributed by atoms with Crippen LogP contribution in [0.2, 0.25) is 0 Å². The number of carbonyl (C=O) groups excluding carboxylic acids is 1. The Hall–Kier alpha value is -1.66. The van der Waals surface area contributed by atoms with Crippen LogP contribution in [-0.4, -0.2) is 25.5 Å². The highest BCUT2D eigenvalue weighted by atomic mass is 32.2. The first-order valence-electron chi connectivity index (χ1n) is 4.79. The maximum atomic E-state index is 11.0. The van der Waals surface area contributed by atoms with Crippen LogP contribution in [0.4, 0.5) is 0 Å². The smallest absolute Gasteiger partial charge is 0.330 e. The fraction of sp³-hybridized carbons (Fsp3) is 0.182. The minimum Gasteiger partial charge on any atom is -0.462 e. The Morgan fingerprint density at radius 3 is 2.65 bits per heavy atom. The molecule has 0 amide bonds. The summed E-state index contributed by atoms with van der Waals surface area (Å²) >= 11 is 0. The molecule has 0 bridgehead atoms. The quantitative estimate of drug-likeness (QED) is 0.486. The molecule has 0 fully saturated rings. The summed E-state index contributed by atoms with van der Waals surface area (Å²) < 4.78 is 35.8. The topological polar surface area (TPSA) is 80.7 Å². The summed E-state index contributed by atoms with van der Waals surface area (Å²) in [5, 5.41) is 0. The molecule has 0 aliphatic heterocycles. The van der Waals surface area contributed by atoms with Crippen molar-refractivity contribution in [3.8, 4) is 0 Å². The molecule has 0 saturated carbocycles. The molecule has 6 heteroatoms. The van der Waals surface area contributed by atoms with Gasteiger partial charge in [-0.05, 0) is 11.6 Å². The van der Waals surface area contributed by atoms with Crippen molar-refractivity contribution in [2.24, 2.45) is 0 Å². The zero-order valence-corrected chi connectivity index (χ0v) is 9.81. The van der Waals surface area contributed by atoms with Crippen LogP contribution in [0.1, 0.15) is 5.56 Å². The highest BCUT2D eigenvalue weighted by Crippen LogP contribution is 2.15. The highest BCUT2D eigenvalue weighted by Gasteiger charge is 2.14. The number of benzene rings is 1. The number of hydrogen-bond acceptors (Lipinski definition) is 4. The van der Waals surface area contributed by atoms with Crippen LogP contribution in [0, 0.1) is 0 Å². The van der Waals surface area contributed by atoms with Crippen molar-refractivity contribution in [2.45, 2.75) is 11.3 Å². The molecule has 1 rings (SSSR count). The lowest BCUT2D eigenvalue weighted by atomic mass is 10.2. The molecule has 0 aliphatic carbocycles. The molecule has 1 N–H and O–H groups in total. The molecule has 5 nitrogen and oxygen atoms in total. The van der Waals surface area contributed by atoms with Crippen molar-refractivity contribution in [2.75, 3.05) is 6.61 Å². The zero-order valence-electron chi connectivity index (χ0n) is 9.00. The Balaban J connectivity index is 2.78. The van der Waals surface area contributed by atoms with Gasteiger partial charge in [0.1, 0.15) is 0 Å². The number of ether oxygens (including phenoxy) is 1. The number of rotatable bonds is 5. The number of hydrogen-bond donors (Lipinski definition) is 1. The second-order valence-corrected chi connectivity index (χ2v) is 4.59. The van der Waals surface area contributed by atoms with Crippen LogP contribution in [-0.2, 0) is 26.1 Å². The molecule has 0 aromatic heterocycles. The van der Waals surface area contributed by atoms with E-state index in [2.05, 4.69) is 6.58 Å². The largest absolute Gasteiger partial charge is 0.462 e. The second kappa shape index (κ2) is 5.60.